The van der Waals surface area contributed by atoms with Gasteiger partial charge in [0.15, 0.2) is 0 Å². The van der Waals surface area contributed by atoms with Crippen LogP contribution in [0, 0.1) is 0 Å². The zero-order valence-corrected chi connectivity index (χ0v) is 11.9. The minimum atomic E-state index is -1.27. The molecule has 0 radical (unpaired) electrons. The molecule has 0 saturated heterocycles. The first-order valence-electron chi connectivity index (χ1n) is 5.14. The molecule has 0 saturated carbocycles. The Bertz CT molecular complexity index is 452. The van der Waals surface area contributed by atoms with Crippen LogP contribution in [0.3, 0.4) is 0 Å². The maximum Gasteiger partial charge on any atom is 0.144 e. The van der Waals surface area contributed by atoms with Crippen molar-refractivity contribution < 1.29 is 8.95 Å². The van der Waals surface area contributed by atoms with Crippen molar-refractivity contribution in [3.05, 3.63) is 28.8 Å². The standard InChI is InChI=1S/C12H16ClNO2S/c1-12(2,3)17(15)14-8-9-5-6-10(16-4)7-11(9)13/h5-8H,1-4H3/t17-/m0/s1. The molecular weight excluding hydrogens is 258 g/mol. The number of halogens is 1. The lowest BCUT2D eigenvalue weighted by atomic mass is 10.2. The van der Waals surface area contributed by atoms with Gasteiger partial charge < -0.3 is 4.74 Å². The highest BCUT2D eigenvalue weighted by atomic mass is 35.5. The maximum atomic E-state index is 11.7. The van der Waals surface area contributed by atoms with E-state index in [2.05, 4.69) is 4.40 Å². The number of methoxy groups -OCH3 is 1. The molecule has 17 heavy (non-hydrogen) atoms. The lowest BCUT2D eigenvalue weighted by molar-refractivity contribution is 0.415. The molecule has 0 heterocycles. The molecule has 0 fully saturated rings. The van der Waals surface area contributed by atoms with Crippen LogP contribution in [0.15, 0.2) is 22.6 Å². The first-order chi connectivity index (χ1) is 7.84. The Hall–Kier alpha value is -0.870. The smallest absolute Gasteiger partial charge is 0.144 e. The summed E-state index contributed by atoms with van der Waals surface area (Å²) in [5.74, 6) is 0.684. The molecule has 0 amide bonds. The Balaban J connectivity index is 2.89. The molecule has 1 aromatic carbocycles. The van der Waals surface area contributed by atoms with E-state index in [1.807, 2.05) is 20.8 Å². The van der Waals surface area contributed by atoms with Gasteiger partial charge in [0.05, 0.1) is 16.9 Å². The van der Waals surface area contributed by atoms with Gasteiger partial charge in [-0.25, -0.2) is 4.21 Å². The van der Waals surface area contributed by atoms with Gasteiger partial charge in [-0.15, -0.1) is 0 Å². The summed E-state index contributed by atoms with van der Waals surface area (Å²) in [6, 6.07) is 5.26. The minimum Gasteiger partial charge on any atom is -0.497 e. The highest BCUT2D eigenvalue weighted by Crippen LogP contribution is 2.21. The highest BCUT2D eigenvalue weighted by molar-refractivity contribution is 7.85. The van der Waals surface area contributed by atoms with Crippen molar-refractivity contribution in [1.82, 2.24) is 0 Å². The second kappa shape index (κ2) is 5.65. The van der Waals surface area contributed by atoms with Crippen LogP contribution in [-0.4, -0.2) is 22.3 Å². The number of benzene rings is 1. The van der Waals surface area contributed by atoms with E-state index in [4.69, 9.17) is 16.3 Å². The molecule has 3 nitrogen and oxygen atoms in total. The third-order valence-corrected chi connectivity index (χ3v) is 3.69. The van der Waals surface area contributed by atoms with Gasteiger partial charge in [0.25, 0.3) is 0 Å². The summed E-state index contributed by atoms with van der Waals surface area (Å²) in [4.78, 5) is 0. The summed E-state index contributed by atoms with van der Waals surface area (Å²) in [6.45, 7) is 5.61. The lowest BCUT2D eigenvalue weighted by Gasteiger charge is -2.12. The van der Waals surface area contributed by atoms with Gasteiger partial charge in [-0.2, -0.15) is 4.40 Å². The fourth-order valence-corrected chi connectivity index (χ4v) is 1.75. The summed E-state index contributed by atoms with van der Waals surface area (Å²) in [5.41, 5.74) is 0.727. The molecule has 94 valence electrons. The zero-order chi connectivity index (χ0) is 13.1. The van der Waals surface area contributed by atoms with Crippen LogP contribution in [0.5, 0.6) is 5.75 Å². The predicted octanol–water partition coefficient (Wildman–Crippen LogP) is 3.23. The van der Waals surface area contributed by atoms with Crippen molar-refractivity contribution in [1.29, 1.82) is 0 Å². The van der Waals surface area contributed by atoms with Gasteiger partial charge >= 0.3 is 0 Å². The van der Waals surface area contributed by atoms with E-state index in [1.54, 1.807) is 25.3 Å². The van der Waals surface area contributed by atoms with Crippen molar-refractivity contribution in [3.8, 4) is 5.75 Å². The van der Waals surface area contributed by atoms with Crippen molar-refractivity contribution in [2.24, 2.45) is 4.40 Å². The molecule has 0 bridgehead atoms. The van der Waals surface area contributed by atoms with Gasteiger partial charge in [-0.05, 0) is 39.0 Å². The lowest BCUT2D eigenvalue weighted by Crippen LogP contribution is -2.19. The number of ether oxygens (including phenoxy) is 1. The fourth-order valence-electron chi connectivity index (χ4n) is 1.00. The van der Waals surface area contributed by atoms with Crippen LogP contribution < -0.4 is 4.74 Å². The van der Waals surface area contributed by atoms with Crippen LogP contribution in [0.25, 0.3) is 0 Å². The average Bonchev–Trinajstić information content (AvgIpc) is 2.25. The van der Waals surface area contributed by atoms with Crippen LogP contribution in [0.2, 0.25) is 5.02 Å². The molecule has 1 aromatic rings. The molecule has 0 N–H and O–H groups in total. The van der Waals surface area contributed by atoms with E-state index >= 15 is 0 Å². The molecule has 5 heteroatoms. The third-order valence-electron chi connectivity index (χ3n) is 2.02. The molecule has 0 aliphatic carbocycles. The summed E-state index contributed by atoms with van der Waals surface area (Å²) in [7, 11) is 0.304. The normalized spacial score (nSPS) is 13.9. The minimum absolute atomic E-state index is 0.366. The largest absolute Gasteiger partial charge is 0.497 e. The van der Waals surface area contributed by atoms with E-state index < -0.39 is 11.0 Å². The van der Waals surface area contributed by atoms with E-state index in [0.29, 0.717) is 10.8 Å². The summed E-state index contributed by atoms with van der Waals surface area (Å²) in [6.07, 6.45) is 1.53. The van der Waals surface area contributed by atoms with Crippen LogP contribution in [-0.2, 0) is 11.0 Å². The van der Waals surface area contributed by atoms with Crippen molar-refractivity contribution in [2.45, 2.75) is 25.5 Å². The Morgan fingerprint density at radius 2 is 2.06 bits per heavy atom. The third kappa shape index (κ3) is 4.13. The predicted molar refractivity (Wildman–Crippen MR) is 73.5 cm³/mol. The van der Waals surface area contributed by atoms with E-state index in [1.165, 1.54) is 6.21 Å². The van der Waals surface area contributed by atoms with Crippen LogP contribution in [0.1, 0.15) is 26.3 Å². The van der Waals surface area contributed by atoms with Crippen molar-refractivity contribution in [3.63, 3.8) is 0 Å². The molecule has 0 spiro atoms. The van der Waals surface area contributed by atoms with Gasteiger partial charge in [-0.1, -0.05) is 11.6 Å². The fraction of sp³-hybridized carbons (Fsp3) is 0.417. The second-order valence-electron chi connectivity index (χ2n) is 4.48. The van der Waals surface area contributed by atoms with Crippen molar-refractivity contribution in [2.75, 3.05) is 7.11 Å². The number of nitrogens with zero attached hydrogens (tertiary/aromatic N) is 1. The highest BCUT2D eigenvalue weighted by Gasteiger charge is 2.18. The number of hydrogen-bond acceptors (Lipinski definition) is 2. The SMILES string of the molecule is COc1ccc(C=N[S@@](=O)C(C)(C)C)c(Cl)c1. The first kappa shape index (κ1) is 14.2. The molecule has 0 aliphatic rings. The van der Waals surface area contributed by atoms with E-state index in [9.17, 15) is 4.21 Å². The number of hydrogen-bond donors (Lipinski definition) is 0. The van der Waals surface area contributed by atoms with Crippen LogP contribution in [0.4, 0.5) is 0 Å². The molecule has 0 aliphatic heterocycles. The molecule has 1 rings (SSSR count). The molecule has 1 atom stereocenters. The van der Waals surface area contributed by atoms with Gasteiger partial charge in [-0.3, -0.25) is 0 Å². The maximum absolute atomic E-state index is 11.7. The monoisotopic (exact) mass is 273 g/mol. The summed E-state index contributed by atoms with van der Waals surface area (Å²) >= 11 is 6.04. The van der Waals surface area contributed by atoms with Gasteiger partial charge in [0.1, 0.15) is 16.7 Å². The summed E-state index contributed by atoms with van der Waals surface area (Å²) in [5, 5.41) is 0.527. The average molecular weight is 274 g/mol. The quantitative estimate of drug-likeness (QED) is 0.793. The zero-order valence-electron chi connectivity index (χ0n) is 10.4. The Morgan fingerprint density at radius 1 is 1.41 bits per heavy atom. The second-order valence-corrected chi connectivity index (χ2v) is 6.82. The molecular formula is C12H16ClNO2S. The van der Waals surface area contributed by atoms with Gasteiger partial charge in [0, 0.05) is 11.8 Å². The summed E-state index contributed by atoms with van der Waals surface area (Å²) < 4.78 is 20.4. The molecule has 0 unspecified atom stereocenters. The van der Waals surface area contributed by atoms with E-state index in [-0.39, 0.29) is 4.75 Å². The van der Waals surface area contributed by atoms with Crippen LogP contribution >= 0.6 is 11.6 Å². The topological polar surface area (TPSA) is 38.7 Å². The van der Waals surface area contributed by atoms with Gasteiger partial charge in [0.2, 0.25) is 0 Å². The Kier molecular flexibility index (Phi) is 4.71. The van der Waals surface area contributed by atoms with E-state index in [0.717, 1.165) is 5.56 Å². The Labute approximate surface area is 109 Å². The Morgan fingerprint density at radius 3 is 2.53 bits per heavy atom. The number of rotatable bonds is 3. The molecule has 0 aromatic heterocycles. The van der Waals surface area contributed by atoms with Crippen molar-refractivity contribution >= 4 is 28.8 Å². The first-order valence-corrected chi connectivity index (χ1v) is 6.62.